The first-order valence-corrected chi connectivity index (χ1v) is 9.51. The van der Waals surface area contributed by atoms with Gasteiger partial charge in [-0.3, -0.25) is 4.57 Å². The van der Waals surface area contributed by atoms with Crippen molar-refractivity contribution < 1.29 is 0 Å². The molecule has 4 rings (SSSR count). The van der Waals surface area contributed by atoms with Crippen LogP contribution in [0.25, 0.3) is 11.4 Å². The highest BCUT2D eigenvalue weighted by Crippen LogP contribution is 2.34. The van der Waals surface area contributed by atoms with E-state index in [0.29, 0.717) is 0 Å². The van der Waals surface area contributed by atoms with Gasteiger partial charge in [0.25, 0.3) is 0 Å². The van der Waals surface area contributed by atoms with Gasteiger partial charge in [-0.05, 0) is 55.5 Å². The van der Waals surface area contributed by atoms with Gasteiger partial charge in [0.05, 0.1) is 10.9 Å². The third kappa shape index (κ3) is 3.48. The number of hydrogen-bond donors (Lipinski definition) is 0. The minimum absolute atomic E-state index is 0.00648. The standard InChI is InChI=1S/C19H19N7S/c1-13-9-11-16(12-10-13)25-15(3)20-22-19(25)27-14(2)18-21-23-24-26(18)17-7-5-4-6-8-17/h4-12,14H,1-3H3/t14-/m0/s1. The van der Waals surface area contributed by atoms with Gasteiger partial charge in [0.1, 0.15) is 5.82 Å². The molecule has 0 aliphatic heterocycles. The summed E-state index contributed by atoms with van der Waals surface area (Å²) < 4.78 is 3.81. The Kier molecular flexibility index (Phi) is 4.72. The lowest BCUT2D eigenvalue weighted by Gasteiger charge is -2.13. The van der Waals surface area contributed by atoms with Gasteiger partial charge >= 0.3 is 0 Å². The van der Waals surface area contributed by atoms with E-state index in [-0.39, 0.29) is 5.25 Å². The van der Waals surface area contributed by atoms with Gasteiger partial charge in [-0.1, -0.05) is 47.7 Å². The molecule has 0 fully saturated rings. The van der Waals surface area contributed by atoms with E-state index >= 15 is 0 Å². The average molecular weight is 377 g/mol. The third-order valence-electron chi connectivity index (χ3n) is 4.23. The Hall–Kier alpha value is -3.00. The molecule has 0 unspecified atom stereocenters. The fourth-order valence-corrected chi connectivity index (χ4v) is 3.82. The highest BCUT2D eigenvalue weighted by atomic mass is 32.2. The summed E-state index contributed by atoms with van der Waals surface area (Å²) in [7, 11) is 0. The number of tetrazole rings is 1. The molecule has 2 aromatic heterocycles. The molecule has 0 aliphatic carbocycles. The van der Waals surface area contributed by atoms with Crippen molar-refractivity contribution in [3.63, 3.8) is 0 Å². The molecule has 0 spiro atoms. The van der Waals surface area contributed by atoms with Crippen LogP contribution in [0, 0.1) is 13.8 Å². The van der Waals surface area contributed by atoms with Crippen molar-refractivity contribution in [2.24, 2.45) is 0 Å². The highest BCUT2D eigenvalue weighted by Gasteiger charge is 2.21. The smallest absolute Gasteiger partial charge is 0.196 e. The molecule has 2 heterocycles. The number of rotatable bonds is 5. The summed E-state index contributed by atoms with van der Waals surface area (Å²) in [5, 5.41) is 21.7. The Morgan fingerprint density at radius 2 is 1.59 bits per heavy atom. The van der Waals surface area contributed by atoms with Crippen molar-refractivity contribution in [2.45, 2.75) is 31.2 Å². The van der Waals surface area contributed by atoms with Crippen LogP contribution in [0.5, 0.6) is 0 Å². The van der Waals surface area contributed by atoms with Gasteiger partial charge in [0.15, 0.2) is 11.0 Å². The van der Waals surface area contributed by atoms with Crippen molar-refractivity contribution in [2.75, 3.05) is 0 Å². The maximum absolute atomic E-state index is 4.36. The van der Waals surface area contributed by atoms with Crippen LogP contribution in [-0.2, 0) is 0 Å². The van der Waals surface area contributed by atoms with Crippen LogP contribution >= 0.6 is 11.8 Å². The number of hydrogen-bond acceptors (Lipinski definition) is 6. The SMILES string of the molecule is Cc1ccc(-n2c(C)nnc2S[C@@H](C)c2nnnn2-c2ccccc2)cc1. The van der Waals surface area contributed by atoms with Gasteiger partial charge in [-0.2, -0.15) is 4.68 Å². The van der Waals surface area contributed by atoms with Crippen LogP contribution in [0.1, 0.15) is 29.4 Å². The predicted octanol–water partition coefficient (Wildman–Crippen LogP) is 3.71. The Morgan fingerprint density at radius 3 is 2.33 bits per heavy atom. The highest BCUT2D eigenvalue weighted by molar-refractivity contribution is 7.99. The molecule has 0 radical (unpaired) electrons. The first kappa shape index (κ1) is 17.4. The first-order valence-electron chi connectivity index (χ1n) is 8.63. The lowest BCUT2D eigenvalue weighted by atomic mass is 10.2. The van der Waals surface area contributed by atoms with Gasteiger partial charge in [-0.25, -0.2) is 0 Å². The van der Waals surface area contributed by atoms with E-state index < -0.39 is 0 Å². The third-order valence-corrected chi connectivity index (χ3v) is 5.27. The lowest BCUT2D eigenvalue weighted by Crippen LogP contribution is -2.06. The quantitative estimate of drug-likeness (QED) is 0.494. The van der Waals surface area contributed by atoms with Crippen molar-refractivity contribution in [1.82, 2.24) is 35.0 Å². The normalized spacial score (nSPS) is 12.3. The van der Waals surface area contributed by atoms with Gasteiger partial charge in [0.2, 0.25) is 0 Å². The van der Waals surface area contributed by atoms with Gasteiger partial charge in [-0.15, -0.1) is 15.3 Å². The molecule has 0 bridgehead atoms. The Balaban J connectivity index is 1.65. The number of thioether (sulfide) groups is 1. The van der Waals surface area contributed by atoms with E-state index in [1.165, 1.54) is 5.56 Å². The summed E-state index contributed by atoms with van der Waals surface area (Å²) in [5.41, 5.74) is 3.19. The summed E-state index contributed by atoms with van der Waals surface area (Å²) in [6.45, 7) is 6.10. The van der Waals surface area contributed by atoms with E-state index in [1.54, 1.807) is 16.4 Å². The second-order valence-electron chi connectivity index (χ2n) is 6.25. The largest absolute Gasteiger partial charge is 0.274 e. The molecule has 0 amide bonds. The maximum atomic E-state index is 4.36. The van der Waals surface area contributed by atoms with E-state index in [9.17, 15) is 0 Å². The Morgan fingerprint density at radius 1 is 0.852 bits per heavy atom. The topological polar surface area (TPSA) is 74.3 Å². The van der Waals surface area contributed by atoms with Crippen LogP contribution in [0.4, 0.5) is 0 Å². The molecule has 0 saturated heterocycles. The summed E-state index contributed by atoms with van der Waals surface area (Å²) in [5.74, 6) is 1.61. The minimum Gasteiger partial charge on any atom is -0.274 e. The van der Waals surface area contributed by atoms with Gasteiger partial charge < -0.3 is 0 Å². The summed E-state index contributed by atoms with van der Waals surface area (Å²) >= 11 is 1.58. The summed E-state index contributed by atoms with van der Waals surface area (Å²) in [6.07, 6.45) is 0. The van der Waals surface area contributed by atoms with E-state index in [4.69, 9.17) is 0 Å². The zero-order valence-electron chi connectivity index (χ0n) is 15.3. The zero-order valence-corrected chi connectivity index (χ0v) is 16.1. The van der Waals surface area contributed by atoms with Gasteiger partial charge in [0, 0.05) is 5.69 Å². The summed E-state index contributed by atoms with van der Waals surface area (Å²) in [4.78, 5) is 0. The molecule has 2 aromatic carbocycles. The fraction of sp³-hybridized carbons (Fsp3) is 0.211. The van der Waals surface area contributed by atoms with E-state index in [1.807, 2.05) is 37.3 Å². The second kappa shape index (κ2) is 7.32. The average Bonchev–Trinajstić information content (AvgIpc) is 3.31. The van der Waals surface area contributed by atoms with Crippen molar-refractivity contribution in [3.8, 4) is 11.4 Å². The number of nitrogens with zero attached hydrogens (tertiary/aromatic N) is 7. The molecule has 0 N–H and O–H groups in total. The van der Waals surface area contributed by atoms with Crippen LogP contribution in [0.15, 0.2) is 59.8 Å². The molecule has 7 nitrogen and oxygen atoms in total. The molecule has 8 heteroatoms. The fourth-order valence-electron chi connectivity index (χ4n) is 2.82. The molecule has 4 aromatic rings. The van der Waals surface area contributed by atoms with Crippen molar-refractivity contribution >= 4 is 11.8 Å². The Bertz CT molecular complexity index is 1040. The molecule has 0 aliphatic rings. The molecular formula is C19H19N7S. The molecular weight excluding hydrogens is 358 g/mol. The van der Waals surface area contributed by atoms with E-state index in [2.05, 4.69) is 68.4 Å². The number of aryl methyl sites for hydroxylation is 2. The number of para-hydroxylation sites is 1. The lowest BCUT2D eigenvalue weighted by molar-refractivity contribution is 0.760. The molecule has 0 saturated carbocycles. The van der Waals surface area contributed by atoms with Crippen LogP contribution < -0.4 is 0 Å². The number of benzene rings is 2. The Labute approximate surface area is 161 Å². The molecule has 136 valence electrons. The zero-order chi connectivity index (χ0) is 18.8. The summed E-state index contributed by atoms with van der Waals surface area (Å²) in [6, 6.07) is 18.2. The van der Waals surface area contributed by atoms with Crippen molar-refractivity contribution in [1.29, 1.82) is 0 Å². The van der Waals surface area contributed by atoms with Crippen LogP contribution in [0.3, 0.4) is 0 Å². The predicted molar refractivity (Wildman–Crippen MR) is 104 cm³/mol. The van der Waals surface area contributed by atoms with Crippen LogP contribution in [0.2, 0.25) is 0 Å². The maximum Gasteiger partial charge on any atom is 0.196 e. The number of aromatic nitrogens is 7. The second-order valence-corrected chi connectivity index (χ2v) is 7.55. The molecule has 1 atom stereocenters. The molecule has 27 heavy (non-hydrogen) atoms. The first-order chi connectivity index (χ1) is 13.1. The monoisotopic (exact) mass is 377 g/mol. The van der Waals surface area contributed by atoms with Crippen molar-refractivity contribution in [3.05, 3.63) is 71.8 Å². The van der Waals surface area contributed by atoms with Crippen LogP contribution in [-0.4, -0.2) is 35.0 Å². The minimum atomic E-state index is -0.00648. The van der Waals surface area contributed by atoms with E-state index in [0.717, 1.165) is 28.2 Å².